The van der Waals surface area contributed by atoms with Gasteiger partial charge in [-0.3, -0.25) is 4.79 Å². The van der Waals surface area contributed by atoms with Crippen LogP contribution in [0.4, 0.5) is 0 Å². The summed E-state index contributed by atoms with van der Waals surface area (Å²) < 4.78 is 23.4. The molecule has 7 nitrogen and oxygen atoms in total. The molecule has 0 aromatic heterocycles. The van der Waals surface area contributed by atoms with Crippen LogP contribution in [0.5, 0.6) is 23.0 Å². The fourth-order valence-electron chi connectivity index (χ4n) is 3.17. The Morgan fingerprint density at radius 3 is 2.42 bits per heavy atom. The maximum absolute atomic E-state index is 12.6. The Morgan fingerprint density at radius 1 is 0.972 bits per heavy atom. The van der Waals surface area contributed by atoms with Crippen LogP contribution in [0.15, 0.2) is 53.6 Å². The predicted molar refractivity (Wildman–Crippen MR) is 150 cm³/mol. The van der Waals surface area contributed by atoms with Crippen LogP contribution in [-0.2, 0) is 6.61 Å². The zero-order valence-corrected chi connectivity index (χ0v) is 23.6. The number of methoxy groups -OCH3 is 1. The maximum Gasteiger partial charge on any atom is 0.271 e. The van der Waals surface area contributed by atoms with Crippen molar-refractivity contribution in [1.82, 2.24) is 5.43 Å². The molecular formula is C26H25Cl2IN2O5. The third-order valence-electron chi connectivity index (χ3n) is 4.82. The van der Waals surface area contributed by atoms with Crippen LogP contribution in [0, 0.1) is 3.57 Å². The molecule has 0 aliphatic rings. The topological polar surface area (TPSA) is 78.4 Å². The average Bonchev–Trinajstić information content (AvgIpc) is 2.85. The molecular weight excluding hydrogens is 618 g/mol. The minimum absolute atomic E-state index is 0.251. The monoisotopic (exact) mass is 642 g/mol. The first-order valence-corrected chi connectivity index (χ1v) is 12.9. The molecule has 3 aromatic rings. The molecule has 0 radical (unpaired) electrons. The van der Waals surface area contributed by atoms with Crippen LogP contribution >= 0.6 is 45.8 Å². The number of carbonyl (C=O) groups is 1. The largest absolute Gasteiger partial charge is 0.493 e. The van der Waals surface area contributed by atoms with E-state index in [9.17, 15) is 4.79 Å². The molecule has 190 valence electrons. The molecule has 0 saturated heterocycles. The van der Waals surface area contributed by atoms with E-state index >= 15 is 0 Å². The molecule has 0 bridgehead atoms. The Bertz CT molecular complexity index is 1250. The first kappa shape index (κ1) is 27.9. The second-order valence-corrected chi connectivity index (χ2v) is 9.29. The van der Waals surface area contributed by atoms with Crippen molar-refractivity contribution in [3.63, 3.8) is 0 Å². The van der Waals surface area contributed by atoms with Crippen molar-refractivity contribution in [2.45, 2.75) is 20.5 Å². The summed E-state index contributed by atoms with van der Waals surface area (Å²) in [6.07, 6.45) is 1.54. The van der Waals surface area contributed by atoms with Crippen molar-refractivity contribution in [3.8, 4) is 23.0 Å². The summed E-state index contributed by atoms with van der Waals surface area (Å²) in [6.45, 7) is 4.90. The molecule has 0 saturated carbocycles. The van der Waals surface area contributed by atoms with Gasteiger partial charge in [0, 0.05) is 21.2 Å². The van der Waals surface area contributed by atoms with Crippen LogP contribution < -0.4 is 24.4 Å². The molecule has 0 fully saturated rings. The van der Waals surface area contributed by atoms with E-state index in [0.717, 1.165) is 14.7 Å². The van der Waals surface area contributed by atoms with Gasteiger partial charge in [-0.05, 0) is 84.5 Å². The van der Waals surface area contributed by atoms with Gasteiger partial charge in [0.05, 0.1) is 30.1 Å². The second-order valence-electron chi connectivity index (χ2n) is 7.29. The molecule has 1 amide bonds. The van der Waals surface area contributed by atoms with Gasteiger partial charge in [0.2, 0.25) is 0 Å². The van der Waals surface area contributed by atoms with E-state index < -0.39 is 0 Å². The number of benzene rings is 3. The van der Waals surface area contributed by atoms with E-state index in [1.807, 2.05) is 26.0 Å². The fourth-order valence-corrected chi connectivity index (χ4v) is 4.41. The third-order valence-corrected chi connectivity index (χ3v) is 6.21. The summed E-state index contributed by atoms with van der Waals surface area (Å²) in [7, 11) is 1.54. The van der Waals surface area contributed by atoms with Crippen LogP contribution in [0.25, 0.3) is 0 Å². The highest BCUT2D eigenvalue weighted by atomic mass is 127. The second kappa shape index (κ2) is 13.6. The van der Waals surface area contributed by atoms with Gasteiger partial charge in [0.1, 0.15) is 6.61 Å². The molecule has 0 heterocycles. The van der Waals surface area contributed by atoms with E-state index in [1.165, 1.54) is 6.21 Å². The summed E-state index contributed by atoms with van der Waals surface area (Å²) in [5.41, 5.74) is 4.46. The number of nitrogens with one attached hydrogen (secondary N) is 1. The molecule has 0 unspecified atom stereocenters. The number of carbonyl (C=O) groups excluding carboxylic acids is 1. The van der Waals surface area contributed by atoms with Crippen LogP contribution in [0.3, 0.4) is 0 Å². The Morgan fingerprint density at radius 2 is 1.72 bits per heavy atom. The van der Waals surface area contributed by atoms with Crippen molar-refractivity contribution < 1.29 is 23.7 Å². The average molecular weight is 643 g/mol. The molecule has 3 rings (SSSR count). The number of rotatable bonds is 11. The number of amides is 1. The number of hydrazone groups is 1. The van der Waals surface area contributed by atoms with E-state index in [-0.39, 0.29) is 12.5 Å². The van der Waals surface area contributed by atoms with Crippen molar-refractivity contribution >= 4 is 57.9 Å². The molecule has 0 aliphatic heterocycles. The van der Waals surface area contributed by atoms with E-state index in [2.05, 4.69) is 33.1 Å². The standard InChI is InChI=1S/C26H25Cl2IN2O5/c1-4-34-23-12-17(7-9-22(23)33-3)26(32)31-30-14-16-10-21(29)25(24(11-16)35-5-2)36-15-18-6-8-19(27)13-20(18)28/h6-14H,4-5,15H2,1-3H3,(H,31,32)/b30-14+. The summed E-state index contributed by atoms with van der Waals surface area (Å²) in [4.78, 5) is 12.6. The van der Waals surface area contributed by atoms with E-state index in [1.54, 1.807) is 43.5 Å². The quantitative estimate of drug-likeness (QED) is 0.142. The highest BCUT2D eigenvalue weighted by molar-refractivity contribution is 14.1. The maximum atomic E-state index is 12.6. The number of halogens is 3. The van der Waals surface area contributed by atoms with Gasteiger partial charge in [-0.25, -0.2) is 5.43 Å². The first-order chi connectivity index (χ1) is 17.4. The van der Waals surface area contributed by atoms with Crippen LogP contribution in [-0.4, -0.2) is 32.4 Å². The smallest absolute Gasteiger partial charge is 0.271 e. The fraction of sp³-hybridized carbons (Fsp3) is 0.231. The number of hydrogen-bond acceptors (Lipinski definition) is 6. The van der Waals surface area contributed by atoms with Gasteiger partial charge in [-0.1, -0.05) is 29.3 Å². The third kappa shape index (κ3) is 7.41. The van der Waals surface area contributed by atoms with Gasteiger partial charge < -0.3 is 18.9 Å². The van der Waals surface area contributed by atoms with Gasteiger partial charge >= 0.3 is 0 Å². The SMILES string of the molecule is CCOc1cc(C(=O)N/N=C/c2cc(I)c(OCc3ccc(Cl)cc3Cl)c(OCC)c2)ccc1OC. The lowest BCUT2D eigenvalue weighted by atomic mass is 10.2. The molecule has 0 spiro atoms. The summed E-state index contributed by atoms with van der Waals surface area (Å²) in [6, 6.07) is 13.9. The van der Waals surface area contributed by atoms with Crippen molar-refractivity contribution in [1.29, 1.82) is 0 Å². The number of nitrogens with zero attached hydrogens (tertiary/aromatic N) is 1. The van der Waals surface area contributed by atoms with Gasteiger partial charge in [0.15, 0.2) is 23.0 Å². The summed E-state index contributed by atoms with van der Waals surface area (Å²) >= 11 is 14.4. The first-order valence-electron chi connectivity index (χ1n) is 11.0. The minimum atomic E-state index is -0.380. The molecule has 3 aromatic carbocycles. The Hall–Kier alpha value is -2.69. The van der Waals surface area contributed by atoms with Gasteiger partial charge in [-0.2, -0.15) is 5.10 Å². The lowest BCUT2D eigenvalue weighted by molar-refractivity contribution is 0.0954. The molecule has 0 aliphatic carbocycles. The molecule has 1 N–H and O–H groups in total. The van der Waals surface area contributed by atoms with E-state index in [0.29, 0.717) is 51.8 Å². The van der Waals surface area contributed by atoms with Gasteiger partial charge in [-0.15, -0.1) is 0 Å². The van der Waals surface area contributed by atoms with Crippen molar-refractivity contribution in [2.75, 3.05) is 20.3 Å². The lowest BCUT2D eigenvalue weighted by Gasteiger charge is -2.15. The number of ether oxygens (including phenoxy) is 4. The van der Waals surface area contributed by atoms with Crippen LogP contribution in [0.2, 0.25) is 10.0 Å². The van der Waals surface area contributed by atoms with E-state index in [4.69, 9.17) is 42.1 Å². The molecule has 10 heteroatoms. The highest BCUT2D eigenvalue weighted by Gasteiger charge is 2.14. The Labute approximate surface area is 233 Å². The van der Waals surface area contributed by atoms with Crippen molar-refractivity contribution in [3.05, 3.63) is 78.8 Å². The Kier molecular flexibility index (Phi) is 10.5. The molecule has 0 atom stereocenters. The normalized spacial score (nSPS) is 10.8. The highest BCUT2D eigenvalue weighted by Crippen LogP contribution is 2.35. The van der Waals surface area contributed by atoms with Crippen LogP contribution in [0.1, 0.15) is 35.3 Å². The number of hydrogen-bond donors (Lipinski definition) is 1. The zero-order chi connectivity index (χ0) is 26.1. The lowest BCUT2D eigenvalue weighted by Crippen LogP contribution is -2.17. The summed E-state index contributed by atoms with van der Waals surface area (Å²) in [5.74, 6) is 1.80. The predicted octanol–water partition coefficient (Wildman–Crippen LogP) is 6.75. The zero-order valence-electron chi connectivity index (χ0n) is 19.9. The Balaban J connectivity index is 1.73. The van der Waals surface area contributed by atoms with Crippen molar-refractivity contribution in [2.24, 2.45) is 5.10 Å². The summed E-state index contributed by atoms with van der Waals surface area (Å²) in [5, 5.41) is 5.18. The van der Waals surface area contributed by atoms with Gasteiger partial charge in [0.25, 0.3) is 5.91 Å². The molecule has 36 heavy (non-hydrogen) atoms. The minimum Gasteiger partial charge on any atom is -0.493 e.